The van der Waals surface area contributed by atoms with Gasteiger partial charge in [-0.3, -0.25) is 4.79 Å². The van der Waals surface area contributed by atoms with Gasteiger partial charge in [-0.25, -0.2) is 13.2 Å². The zero-order valence-corrected chi connectivity index (χ0v) is 15.9. The average Bonchev–Trinajstić information content (AvgIpc) is 3.15. The molecule has 2 rings (SSSR count). The van der Waals surface area contributed by atoms with Gasteiger partial charge in [-0.05, 0) is 30.4 Å². The van der Waals surface area contributed by atoms with E-state index in [1.165, 1.54) is 13.0 Å². The van der Waals surface area contributed by atoms with Gasteiger partial charge in [0, 0.05) is 0 Å². The number of benzene rings is 1. The number of hydrogen-bond donors (Lipinski definition) is 3. The zero-order chi connectivity index (χ0) is 19.4. The van der Waals surface area contributed by atoms with Gasteiger partial charge in [0.05, 0.1) is 6.04 Å². The monoisotopic (exact) mass is 396 g/mol. The molecule has 1 amide bonds. The van der Waals surface area contributed by atoms with Gasteiger partial charge in [0.2, 0.25) is 5.91 Å². The van der Waals surface area contributed by atoms with E-state index in [0.29, 0.717) is 5.56 Å². The molecule has 2 atom stereocenters. The lowest BCUT2D eigenvalue weighted by molar-refractivity contribution is -0.148. The normalized spacial score (nSPS) is 15.0. The molecule has 0 bridgehead atoms. The number of nitrogens with one attached hydrogen (secondary N) is 2. The van der Waals surface area contributed by atoms with Crippen LogP contribution in [0.5, 0.6) is 0 Å². The molecule has 1 aromatic heterocycles. The van der Waals surface area contributed by atoms with Crippen LogP contribution in [-0.2, 0) is 25.2 Å². The highest BCUT2D eigenvalue weighted by Crippen LogP contribution is 2.26. The predicted octanol–water partition coefficient (Wildman–Crippen LogP) is 1.92. The number of carbonyl (C=O) groups is 2. The lowest BCUT2D eigenvalue weighted by Gasteiger charge is -2.31. The molecule has 0 fully saturated rings. The Morgan fingerprint density at radius 3 is 2.35 bits per heavy atom. The van der Waals surface area contributed by atoms with Crippen LogP contribution in [0.1, 0.15) is 25.8 Å². The number of carboxylic acids is 1. The Morgan fingerprint density at radius 1 is 1.19 bits per heavy atom. The standard InChI is InChI=1S/C17H20N2O5S2/c1-3-17(16(21)22,13-8-5-4-6-9-13)18-15(20)12(2)19-26(23,24)14-10-7-11-25-14/h4-12,19H,3H2,1-2H3,(H,18,20)(H,21,22). The minimum Gasteiger partial charge on any atom is -0.479 e. The molecular formula is C17H20N2O5S2. The molecule has 0 aliphatic heterocycles. The second-order valence-electron chi connectivity index (χ2n) is 5.69. The summed E-state index contributed by atoms with van der Waals surface area (Å²) in [6.07, 6.45) is 0.0997. The van der Waals surface area contributed by atoms with Crippen LogP contribution in [0.3, 0.4) is 0 Å². The van der Waals surface area contributed by atoms with Gasteiger partial charge in [-0.2, -0.15) is 4.72 Å². The summed E-state index contributed by atoms with van der Waals surface area (Å²) in [6.45, 7) is 3.01. The number of aliphatic carboxylic acids is 1. The van der Waals surface area contributed by atoms with Gasteiger partial charge >= 0.3 is 5.97 Å². The smallest absolute Gasteiger partial charge is 0.334 e. The van der Waals surface area contributed by atoms with Crippen molar-refractivity contribution in [1.29, 1.82) is 0 Å². The van der Waals surface area contributed by atoms with E-state index < -0.39 is 33.5 Å². The molecule has 26 heavy (non-hydrogen) atoms. The van der Waals surface area contributed by atoms with Crippen LogP contribution in [0, 0.1) is 0 Å². The topological polar surface area (TPSA) is 113 Å². The van der Waals surface area contributed by atoms with Crippen molar-refractivity contribution in [2.45, 2.75) is 36.1 Å². The first-order valence-corrected chi connectivity index (χ1v) is 10.3. The molecule has 1 aromatic carbocycles. The second kappa shape index (κ2) is 7.98. The highest BCUT2D eigenvalue weighted by Gasteiger charge is 2.41. The fourth-order valence-electron chi connectivity index (χ4n) is 2.49. The highest BCUT2D eigenvalue weighted by molar-refractivity contribution is 7.91. The third-order valence-electron chi connectivity index (χ3n) is 3.98. The van der Waals surface area contributed by atoms with Gasteiger partial charge in [-0.1, -0.05) is 43.3 Å². The van der Waals surface area contributed by atoms with Gasteiger partial charge in [0.25, 0.3) is 10.0 Å². The molecule has 0 spiro atoms. The molecule has 0 saturated carbocycles. The van der Waals surface area contributed by atoms with E-state index in [-0.39, 0.29) is 10.6 Å². The molecule has 1 heterocycles. The highest BCUT2D eigenvalue weighted by atomic mass is 32.2. The van der Waals surface area contributed by atoms with Crippen molar-refractivity contribution in [3.8, 4) is 0 Å². The molecule has 0 aliphatic rings. The number of hydrogen-bond acceptors (Lipinski definition) is 5. The van der Waals surface area contributed by atoms with E-state index in [1.54, 1.807) is 48.7 Å². The Labute approximate surface area is 156 Å². The van der Waals surface area contributed by atoms with Crippen molar-refractivity contribution in [2.24, 2.45) is 0 Å². The number of sulfonamides is 1. The summed E-state index contributed by atoms with van der Waals surface area (Å²) < 4.78 is 26.9. The molecule has 7 nitrogen and oxygen atoms in total. The molecule has 140 valence electrons. The zero-order valence-electron chi connectivity index (χ0n) is 14.3. The molecule has 0 radical (unpaired) electrons. The fourth-order valence-corrected chi connectivity index (χ4v) is 4.71. The quantitative estimate of drug-likeness (QED) is 0.631. The van der Waals surface area contributed by atoms with Crippen LogP contribution >= 0.6 is 11.3 Å². The minimum atomic E-state index is -3.85. The number of rotatable bonds is 8. The van der Waals surface area contributed by atoms with Crippen molar-refractivity contribution in [1.82, 2.24) is 10.0 Å². The summed E-state index contributed by atoms with van der Waals surface area (Å²) >= 11 is 1.03. The molecule has 0 saturated heterocycles. The largest absolute Gasteiger partial charge is 0.479 e. The summed E-state index contributed by atoms with van der Waals surface area (Å²) in [6, 6.07) is 10.2. The summed E-state index contributed by atoms with van der Waals surface area (Å²) in [7, 11) is -3.85. The van der Waals surface area contributed by atoms with Gasteiger partial charge in [-0.15, -0.1) is 11.3 Å². The Hall–Kier alpha value is -2.23. The van der Waals surface area contributed by atoms with Crippen molar-refractivity contribution in [3.05, 3.63) is 53.4 Å². The average molecular weight is 396 g/mol. The van der Waals surface area contributed by atoms with Gasteiger partial charge in [0.15, 0.2) is 5.54 Å². The SMILES string of the molecule is CCC(NC(=O)C(C)NS(=O)(=O)c1cccs1)(C(=O)O)c1ccccc1. The Kier molecular flexibility index (Phi) is 6.17. The maximum Gasteiger partial charge on any atom is 0.334 e. The van der Waals surface area contributed by atoms with Crippen molar-refractivity contribution < 1.29 is 23.1 Å². The minimum absolute atomic E-state index is 0.0835. The van der Waals surface area contributed by atoms with Crippen LogP contribution in [0.2, 0.25) is 0 Å². The maximum absolute atomic E-state index is 12.5. The summed E-state index contributed by atoms with van der Waals surface area (Å²) in [5.74, 6) is -1.94. The van der Waals surface area contributed by atoms with Gasteiger partial charge in [0.1, 0.15) is 4.21 Å². The van der Waals surface area contributed by atoms with Crippen LogP contribution in [-0.4, -0.2) is 31.4 Å². The van der Waals surface area contributed by atoms with Gasteiger partial charge < -0.3 is 10.4 Å². The second-order valence-corrected chi connectivity index (χ2v) is 8.58. The maximum atomic E-state index is 12.5. The third-order valence-corrected chi connectivity index (χ3v) is 6.92. The van der Waals surface area contributed by atoms with Crippen LogP contribution < -0.4 is 10.0 Å². The number of amides is 1. The van der Waals surface area contributed by atoms with E-state index in [1.807, 2.05) is 0 Å². The van der Waals surface area contributed by atoms with Crippen molar-refractivity contribution in [3.63, 3.8) is 0 Å². The molecular weight excluding hydrogens is 376 g/mol. The van der Waals surface area contributed by atoms with E-state index >= 15 is 0 Å². The summed E-state index contributed by atoms with van der Waals surface area (Å²) in [4.78, 5) is 24.5. The third kappa shape index (κ3) is 4.12. The fraction of sp³-hybridized carbons (Fsp3) is 0.294. The first-order valence-electron chi connectivity index (χ1n) is 7.89. The van der Waals surface area contributed by atoms with Crippen LogP contribution in [0.4, 0.5) is 0 Å². The van der Waals surface area contributed by atoms with E-state index in [0.717, 1.165) is 11.3 Å². The van der Waals surface area contributed by atoms with E-state index in [4.69, 9.17) is 0 Å². The van der Waals surface area contributed by atoms with Crippen molar-refractivity contribution >= 4 is 33.2 Å². The summed E-state index contributed by atoms with van der Waals surface area (Å²) in [5.41, 5.74) is -1.22. The summed E-state index contributed by atoms with van der Waals surface area (Å²) in [5, 5.41) is 13.9. The Bertz CT molecular complexity index is 866. The predicted molar refractivity (Wildman–Crippen MR) is 98.3 cm³/mol. The Morgan fingerprint density at radius 2 is 1.85 bits per heavy atom. The molecule has 9 heteroatoms. The molecule has 3 N–H and O–H groups in total. The van der Waals surface area contributed by atoms with Crippen LogP contribution in [0.25, 0.3) is 0 Å². The first kappa shape index (κ1) is 20.1. The van der Waals surface area contributed by atoms with Crippen LogP contribution in [0.15, 0.2) is 52.1 Å². The Balaban J connectivity index is 2.23. The number of carbonyl (C=O) groups excluding carboxylic acids is 1. The number of carboxylic acid groups (broad SMARTS) is 1. The lowest BCUT2D eigenvalue weighted by Crippen LogP contribution is -2.56. The first-order chi connectivity index (χ1) is 12.2. The van der Waals surface area contributed by atoms with Crippen molar-refractivity contribution in [2.75, 3.05) is 0 Å². The molecule has 2 unspecified atom stereocenters. The van der Waals surface area contributed by atoms with E-state index in [2.05, 4.69) is 10.0 Å². The lowest BCUT2D eigenvalue weighted by atomic mass is 9.87. The number of thiophene rings is 1. The molecule has 2 aromatic rings. The van der Waals surface area contributed by atoms with E-state index in [9.17, 15) is 23.1 Å². The molecule has 0 aliphatic carbocycles.